The van der Waals surface area contributed by atoms with E-state index in [-0.39, 0.29) is 23.4 Å². The summed E-state index contributed by atoms with van der Waals surface area (Å²) in [5.74, 6) is -0.923. The van der Waals surface area contributed by atoms with Crippen molar-refractivity contribution in [1.82, 2.24) is 4.90 Å². The van der Waals surface area contributed by atoms with Gasteiger partial charge < -0.3 is 15.5 Å². The van der Waals surface area contributed by atoms with Crippen LogP contribution in [0.25, 0.3) is 5.57 Å². The number of benzene rings is 2. The Morgan fingerprint density at radius 1 is 0.900 bits per heavy atom. The molecule has 2 aromatic carbocycles. The van der Waals surface area contributed by atoms with Gasteiger partial charge in [0, 0.05) is 44.1 Å². The van der Waals surface area contributed by atoms with Crippen molar-refractivity contribution in [3.05, 3.63) is 59.8 Å². The normalized spacial score (nSPS) is 13.7. The lowest BCUT2D eigenvalue weighted by Gasteiger charge is -2.21. The third kappa shape index (κ3) is 4.20. The van der Waals surface area contributed by atoms with Crippen LogP contribution in [-0.2, 0) is 14.4 Å². The van der Waals surface area contributed by atoms with Crippen LogP contribution in [0.15, 0.2) is 54.2 Å². The zero-order valence-corrected chi connectivity index (χ0v) is 17.7. The Kier molecular flexibility index (Phi) is 6.20. The Labute approximate surface area is 176 Å². The number of rotatable bonds is 7. The van der Waals surface area contributed by atoms with E-state index in [0.29, 0.717) is 16.8 Å². The molecule has 0 aliphatic carbocycles. The molecule has 0 aromatic heterocycles. The van der Waals surface area contributed by atoms with Gasteiger partial charge in [-0.3, -0.25) is 19.3 Å². The second-order valence-electron chi connectivity index (χ2n) is 7.02. The molecule has 2 N–H and O–H groups in total. The largest absolute Gasteiger partial charge is 0.372 e. The van der Waals surface area contributed by atoms with Gasteiger partial charge in [0.2, 0.25) is 5.91 Å². The SMILES string of the molecule is CCN(CC)c1ccc(NC2=C(c3ccc(NC(C)=O)cc3)C(=O)N(C)C2=O)cc1. The molecule has 0 saturated heterocycles. The van der Waals surface area contributed by atoms with Crippen LogP contribution in [-0.4, -0.2) is 42.8 Å². The molecule has 0 bridgehead atoms. The summed E-state index contributed by atoms with van der Waals surface area (Å²) in [7, 11) is 1.47. The monoisotopic (exact) mass is 406 g/mol. The lowest BCUT2D eigenvalue weighted by molar-refractivity contribution is -0.135. The van der Waals surface area contributed by atoms with E-state index in [9.17, 15) is 14.4 Å². The summed E-state index contributed by atoms with van der Waals surface area (Å²) in [4.78, 5) is 40.0. The maximum atomic E-state index is 12.7. The zero-order valence-electron chi connectivity index (χ0n) is 17.7. The van der Waals surface area contributed by atoms with Crippen LogP contribution >= 0.6 is 0 Å². The first kappa shape index (κ1) is 21.1. The molecule has 3 rings (SSSR count). The summed E-state index contributed by atoms with van der Waals surface area (Å²) in [6.07, 6.45) is 0. The highest BCUT2D eigenvalue weighted by Crippen LogP contribution is 2.30. The molecule has 2 aromatic rings. The van der Waals surface area contributed by atoms with Gasteiger partial charge in [-0.1, -0.05) is 12.1 Å². The molecule has 1 aliphatic rings. The third-order valence-corrected chi connectivity index (χ3v) is 5.05. The van der Waals surface area contributed by atoms with Crippen LogP contribution in [0, 0.1) is 0 Å². The van der Waals surface area contributed by atoms with Crippen molar-refractivity contribution in [3.63, 3.8) is 0 Å². The van der Waals surface area contributed by atoms with E-state index in [2.05, 4.69) is 29.4 Å². The number of nitrogens with zero attached hydrogens (tertiary/aromatic N) is 2. The van der Waals surface area contributed by atoms with Gasteiger partial charge in [0.1, 0.15) is 5.70 Å². The van der Waals surface area contributed by atoms with Gasteiger partial charge in [0.15, 0.2) is 0 Å². The van der Waals surface area contributed by atoms with Crippen LogP contribution in [0.2, 0.25) is 0 Å². The van der Waals surface area contributed by atoms with Crippen molar-refractivity contribution in [2.24, 2.45) is 0 Å². The van der Waals surface area contributed by atoms with Crippen molar-refractivity contribution < 1.29 is 14.4 Å². The Hall–Kier alpha value is -3.61. The molecule has 1 aliphatic heterocycles. The number of carbonyl (C=O) groups is 3. The Balaban J connectivity index is 1.93. The number of nitrogens with one attached hydrogen (secondary N) is 2. The minimum atomic E-state index is -0.381. The summed E-state index contributed by atoms with van der Waals surface area (Å²) in [5, 5.41) is 5.82. The first-order valence-corrected chi connectivity index (χ1v) is 9.92. The quantitative estimate of drug-likeness (QED) is 0.690. The number of amides is 3. The van der Waals surface area contributed by atoms with Crippen LogP contribution in [0.5, 0.6) is 0 Å². The molecule has 30 heavy (non-hydrogen) atoms. The van der Waals surface area contributed by atoms with Gasteiger partial charge >= 0.3 is 0 Å². The third-order valence-electron chi connectivity index (χ3n) is 5.05. The van der Waals surface area contributed by atoms with Crippen LogP contribution in [0.1, 0.15) is 26.3 Å². The summed E-state index contributed by atoms with van der Waals surface area (Å²) in [6, 6.07) is 14.6. The maximum Gasteiger partial charge on any atom is 0.277 e. The molecular formula is C23H26N4O3. The second-order valence-corrected chi connectivity index (χ2v) is 7.02. The van der Waals surface area contributed by atoms with Crippen LogP contribution in [0.4, 0.5) is 17.1 Å². The maximum absolute atomic E-state index is 12.7. The lowest BCUT2D eigenvalue weighted by Crippen LogP contribution is -2.27. The van der Waals surface area contributed by atoms with Crippen molar-refractivity contribution in [1.29, 1.82) is 0 Å². The molecule has 3 amide bonds. The topological polar surface area (TPSA) is 81.8 Å². The fourth-order valence-electron chi connectivity index (χ4n) is 3.44. The number of hydrogen-bond donors (Lipinski definition) is 2. The highest BCUT2D eigenvalue weighted by molar-refractivity contribution is 6.36. The zero-order chi connectivity index (χ0) is 21.8. The van der Waals surface area contributed by atoms with Gasteiger partial charge in [0.05, 0.1) is 5.57 Å². The van der Waals surface area contributed by atoms with Crippen molar-refractivity contribution >= 4 is 40.4 Å². The molecule has 156 valence electrons. The first-order valence-electron chi connectivity index (χ1n) is 9.92. The van der Waals surface area contributed by atoms with Crippen LogP contribution in [0.3, 0.4) is 0 Å². The van der Waals surface area contributed by atoms with Gasteiger partial charge in [-0.05, 0) is 55.8 Å². The summed E-state index contributed by atoms with van der Waals surface area (Å²) in [5.41, 5.74) is 3.60. The van der Waals surface area contributed by atoms with Gasteiger partial charge in [-0.2, -0.15) is 0 Å². The average molecular weight is 406 g/mol. The molecular weight excluding hydrogens is 380 g/mol. The van der Waals surface area contributed by atoms with Gasteiger partial charge in [0.25, 0.3) is 11.8 Å². The van der Waals surface area contributed by atoms with E-state index in [1.807, 2.05) is 24.3 Å². The van der Waals surface area contributed by atoms with Gasteiger partial charge in [-0.25, -0.2) is 0 Å². The molecule has 0 atom stereocenters. The van der Waals surface area contributed by atoms with Crippen LogP contribution < -0.4 is 15.5 Å². The number of anilines is 3. The molecule has 0 radical (unpaired) electrons. The molecule has 7 heteroatoms. The molecule has 7 nitrogen and oxygen atoms in total. The second kappa shape index (κ2) is 8.82. The average Bonchev–Trinajstić information content (AvgIpc) is 2.94. The number of imide groups is 1. The molecule has 0 saturated carbocycles. The summed E-state index contributed by atoms with van der Waals surface area (Å²) in [6.45, 7) is 7.44. The standard InChI is InChI=1S/C23H26N4O3/c1-5-27(6-2)19-13-11-18(12-14-19)25-21-20(22(29)26(4)23(21)30)16-7-9-17(10-8-16)24-15(3)28/h7-14,25H,5-6H2,1-4H3,(H,24,28). The molecule has 0 unspecified atom stereocenters. The van der Waals surface area contributed by atoms with E-state index in [0.717, 1.165) is 29.4 Å². The number of hydrogen-bond acceptors (Lipinski definition) is 5. The van der Waals surface area contributed by atoms with E-state index >= 15 is 0 Å². The van der Waals surface area contributed by atoms with Crippen molar-refractivity contribution in [2.75, 3.05) is 35.7 Å². The van der Waals surface area contributed by atoms with E-state index in [4.69, 9.17) is 0 Å². The predicted octanol–water partition coefficient (Wildman–Crippen LogP) is 3.31. The highest BCUT2D eigenvalue weighted by Gasteiger charge is 2.36. The molecule has 0 fully saturated rings. The first-order chi connectivity index (χ1) is 14.3. The van der Waals surface area contributed by atoms with E-state index in [1.54, 1.807) is 24.3 Å². The molecule has 1 heterocycles. The predicted molar refractivity (Wildman–Crippen MR) is 119 cm³/mol. The van der Waals surface area contributed by atoms with Gasteiger partial charge in [-0.15, -0.1) is 0 Å². The minimum absolute atomic E-state index is 0.177. The highest BCUT2D eigenvalue weighted by atomic mass is 16.2. The smallest absolute Gasteiger partial charge is 0.277 e. The Morgan fingerprint density at radius 3 is 2.00 bits per heavy atom. The Bertz CT molecular complexity index is 990. The number of likely N-dealkylation sites (N-methyl/N-ethyl adjacent to an activating group) is 1. The van der Waals surface area contributed by atoms with E-state index in [1.165, 1.54) is 14.0 Å². The Morgan fingerprint density at radius 2 is 1.47 bits per heavy atom. The lowest BCUT2D eigenvalue weighted by atomic mass is 10.0. The van der Waals surface area contributed by atoms with Crippen molar-refractivity contribution in [3.8, 4) is 0 Å². The summed E-state index contributed by atoms with van der Waals surface area (Å²) >= 11 is 0. The fraction of sp³-hybridized carbons (Fsp3) is 0.261. The summed E-state index contributed by atoms with van der Waals surface area (Å²) < 4.78 is 0. The van der Waals surface area contributed by atoms with Crippen molar-refractivity contribution in [2.45, 2.75) is 20.8 Å². The van der Waals surface area contributed by atoms with E-state index < -0.39 is 0 Å². The molecule has 0 spiro atoms. The fourth-order valence-corrected chi connectivity index (χ4v) is 3.44. The minimum Gasteiger partial charge on any atom is -0.372 e. The number of carbonyl (C=O) groups excluding carboxylic acids is 3.